The summed E-state index contributed by atoms with van der Waals surface area (Å²) in [5, 5.41) is 4.44. The molecule has 0 N–H and O–H groups in total. The lowest BCUT2D eigenvalue weighted by Crippen LogP contribution is -2.46. The predicted octanol–water partition coefficient (Wildman–Crippen LogP) is 2.40. The van der Waals surface area contributed by atoms with Crippen molar-refractivity contribution in [2.45, 2.75) is 24.9 Å². The molecule has 2 aliphatic heterocycles. The maximum absolute atomic E-state index is 6.36. The van der Waals surface area contributed by atoms with Crippen LogP contribution in [-0.4, -0.2) is 34.6 Å². The topological polar surface area (TPSA) is 49.2 Å². The van der Waals surface area contributed by atoms with E-state index in [0.29, 0.717) is 13.2 Å². The lowest BCUT2D eigenvalue weighted by atomic mass is 9.76. The molecule has 2 aliphatic rings. The van der Waals surface area contributed by atoms with Gasteiger partial charge < -0.3 is 9.47 Å². The third-order valence-corrected chi connectivity index (χ3v) is 4.66. The Balaban J connectivity index is 1.81. The molecule has 0 amide bonds. The average molecular weight is 298 g/mol. The highest BCUT2D eigenvalue weighted by molar-refractivity contribution is 5.28. The van der Waals surface area contributed by atoms with Crippen LogP contribution in [0.3, 0.4) is 0 Å². The Morgan fingerprint density at radius 1 is 1.18 bits per heavy atom. The number of aromatic nitrogens is 3. The number of hydrogen-bond donors (Lipinski definition) is 0. The van der Waals surface area contributed by atoms with Gasteiger partial charge in [-0.25, -0.2) is 0 Å². The second-order valence-corrected chi connectivity index (χ2v) is 5.86. The molecule has 0 saturated carbocycles. The highest BCUT2D eigenvalue weighted by atomic mass is 16.5. The van der Waals surface area contributed by atoms with Crippen molar-refractivity contribution < 1.29 is 9.47 Å². The average Bonchev–Trinajstić information content (AvgIpc) is 3.26. The quantitative estimate of drug-likeness (QED) is 0.873. The molecule has 4 rings (SSSR count). The summed E-state index contributed by atoms with van der Waals surface area (Å²) >= 11 is 0. The summed E-state index contributed by atoms with van der Waals surface area (Å²) in [4.78, 5) is 4.63. The largest absolute Gasteiger partial charge is 0.381 e. The van der Waals surface area contributed by atoms with E-state index in [4.69, 9.17) is 9.47 Å². The zero-order chi connectivity index (χ0) is 14.8. The zero-order valence-electron chi connectivity index (χ0n) is 12.5. The minimum atomic E-state index is -0.520. The maximum Gasteiger partial charge on any atom is 0.142 e. The summed E-state index contributed by atoms with van der Waals surface area (Å²) in [6.07, 6.45) is 8.66. The van der Waals surface area contributed by atoms with Gasteiger partial charge in [0.2, 0.25) is 0 Å². The lowest BCUT2D eigenvalue weighted by Gasteiger charge is -2.41. The van der Waals surface area contributed by atoms with Gasteiger partial charge in [0, 0.05) is 37.5 Å². The van der Waals surface area contributed by atoms with Crippen LogP contribution in [0.25, 0.3) is 0 Å². The van der Waals surface area contributed by atoms with E-state index in [1.54, 1.807) is 0 Å². The SMILES string of the molecule is c1ccc(C2(C3CCCOC3)OCC[C]2n2cccn2)nc1. The molecular weight excluding hydrogens is 278 g/mol. The smallest absolute Gasteiger partial charge is 0.142 e. The first-order chi connectivity index (χ1) is 10.9. The summed E-state index contributed by atoms with van der Waals surface area (Å²) in [5.74, 6) is 0.276. The van der Waals surface area contributed by atoms with Gasteiger partial charge in [-0.3, -0.25) is 9.67 Å². The van der Waals surface area contributed by atoms with Crippen molar-refractivity contribution in [2.24, 2.45) is 5.92 Å². The normalized spacial score (nSPS) is 29.7. The van der Waals surface area contributed by atoms with E-state index in [2.05, 4.69) is 16.1 Å². The third-order valence-electron chi connectivity index (χ3n) is 4.66. The molecule has 4 heterocycles. The maximum atomic E-state index is 6.36. The van der Waals surface area contributed by atoms with E-state index in [1.165, 1.54) is 6.04 Å². The molecule has 5 nitrogen and oxygen atoms in total. The Morgan fingerprint density at radius 3 is 2.91 bits per heavy atom. The van der Waals surface area contributed by atoms with Crippen molar-refractivity contribution >= 4 is 0 Å². The monoisotopic (exact) mass is 298 g/mol. The highest BCUT2D eigenvalue weighted by Gasteiger charge is 2.54. The van der Waals surface area contributed by atoms with E-state index < -0.39 is 5.60 Å². The second kappa shape index (κ2) is 5.82. The van der Waals surface area contributed by atoms with Crippen LogP contribution in [-0.2, 0) is 15.1 Å². The van der Waals surface area contributed by atoms with Gasteiger partial charge in [0.05, 0.1) is 18.9 Å². The first-order valence-electron chi connectivity index (χ1n) is 7.91. The van der Waals surface area contributed by atoms with Crippen LogP contribution in [0.4, 0.5) is 0 Å². The molecule has 0 aliphatic carbocycles. The van der Waals surface area contributed by atoms with Gasteiger partial charge in [0.1, 0.15) is 11.6 Å². The van der Waals surface area contributed by atoms with Crippen LogP contribution < -0.4 is 0 Å². The summed E-state index contributed by atoms with van der Waals surface area (Å²) in [6.45, 7) is 2.25. The molecule has 5 heteroatoms. The zero-order valence-corrected chi connectivity index (χ0v) is 12.5. The third kappa shape index (κ3) is 2.16. The molecule has 2 saturated heterocycles. The standard InChI is InChI=1S/C17H20N3O2/c1-2-8-18-15(6-1)17(14-5-3-11-21-13-14)16(7-12-22-17)20-10-4-9-19-20/h1-2,4,6,8-10,14H,3,5,7,11-13H2. The van der Waals surface area contributed by atoms with E-state index in [9.17, 15) is 0 Å². The first kappa shape index (κ1) is 13.9. The van der Waals surface area contributed by atoms with Gasteiger partial charge in [-0.15, -0.1) is 0 Å². The summed E-state index contributed by atoms with van der Waals surface area (Å²) in [7, 11) is 0. The Labute approximate surface area is 130 Å². The Bertz CT molecular complexity index is 596. The molecule has 2 aromatic rings. The van der Waals surface area contributed by atoms with Crippen LogP contribution in [0.2, 0.25) is 0 Å². The molecule has 0 spiro atoms. The van der Waals surface area contributed by atoms with Crippen molar-refractivity contribution in [1.29, 1.82) is 0 Å². The minimum Gasteiger partial charge on any atom is -0.381 e. The van der Waals surface area contributed by atoms with Crippen LogP contribution in [0.1, 0.15) is 25.0 Å². The minimum absolute atomic E-state index is 0.276. The molecular formula is C17H20N3O2. The molecule has 115 valence electrons. The summed E-state index contributed by atoms with van der Waals surface area (Å²) in [6, 6.07) is 9.15. The fourth-order valence-corrected chi connectivity index (χ4v) is 3.72. The molecule has 0 aromatic carbocycles. The fourth-order valence-electron chi connectivity index (χ4n) is 3.72. The molecule has 0 bridgehead atoms. The molecule has 2 fully saturated rings. The van der Waals surface area contributed by atoms with E-state index >= 15 is 0 Å². The highest BCUT2D eigenvalue weighted by Crippen LogP contribution is 2.50. The Kier molecular flexibility index (Phi) is 3.68. The van der Waals surface area contributed by atoms with Gasteiger partial charge in [-0.05, 0) is 31.0 Å². The Morgan fingerprint density at radius 2 is 2.18 bits per heavy atom. The van der Waals surface area contributed by atoms with Crippen LogP contribution in [0.5, 0.6) is 0 Å². The molecule has 2 aromatic heterocycles. The number of pyridine rings is 1. The van der Waals surface area contributed by atoms with Gasteiger partial charge in [0.15, 0.2) is 0 Å². The van der Waals surface area contributed by atoms with Crippen LogP contribution in [0.15, 0.2) is 42.9 Å². The number of nitrogens with zero attached hydrogens (tertiary/aromatic N) is 3. The van der Waals surface area contributed by atoms with Crippen molar-refractivity contribution in [3.05, 3.63) is 54.6 Å². The molecule has 22 heavy (non-hydrogen) atoms. The van der Waals surface area contributed by atoms with E-state index in [-0.39, 0.29) is 5.92 Å². The van der Waals surface area contributed by atoms with Gasteiger partial charge in [-0.1, -0.05) is 6.07 Å². The lowest BCUT2D eigenvalue weighted by molar-refractivity contribution is -0.0951. The number of rotatable bonds is 3. The summed E-state index contributed by atoms with van der Waals surface area (Å²) < 4.78 is 14.1. The summed E-state index contributed by atoms with van der Waals surface area (Å²) in [5.41, 5.74) is 0.446. The number of hydrogen-bond acceptors (Lipinski definition) is 4. The van der Waals surface area contributed by atoms with Crippen molar-refractivity contribution in [1.82, 2.24) is 14.8 Å². The second-order valence-electron chi connectivity index (χ2n) is 5.86. The van der Waals surface area contributed by atoms with Crippen molar-refractivity contribution in [3.63, 3.8) is 0 Å². The van der Waals surface area contributed by atoms with Crippen molar-refractivity contribution in [3.8, 4) is 0 Å². The first-order valence-corrected chi connectivity index (χ1v) is 7.91. The molecule has 2 atom stereocenters. The van der Waals surface area contributed by atoms with Crippen LogP contribution in [0, 0.1) is 12.0 Å². The van der Waals surface area contributed by atoms with E-state index in [1.807, 2.05) is 41.5 Å². The van der Waals surface area contributed by atoms with E-state index in [0.717, 1.165) is 31.6 Å². The Hall–Kier alpha value is -1.72. The number of ether oxygens (including phenoxy) is 2. The predicted molar refractivity (Wildman–Crippen MR) is 80.9 cm³/mol. The fraction of sp³-hybridized carbons (Fsp3) is 0.471. The molecule has 2 unspecified atom stereocenters. The van der Waals surface area contributed by atoms with Gasteiger partial charge in [-0.2, -0.15) is 5.10 Å². The van der Waals surface area contributed by atoms with Crippen molar-refractivity contribution in [2.75, 3.05) is 19.8 Å². The van der Waals surface area contributed by atoms with Crippen LogP contribution >= 0.6 is 0 Å². The molecule has 1 radical (unpaired) electrons. The van der Waals surface area contributed by atoms with Gasteiger partial charge >= 0.3 is 0 Å². The van der Waals surface area contributed by atoms with Gasteiger partial charge in [0.25, 0.3) is 0 Å².